The predicted octanol–water partition coefficient (Wildman–Crippen LogP) is 4.15. The first-order valence-corrected chi connectivity index (χ1v) is 7.13. The van der Waals surface area contributed by atoms with E-state index in [0.29, 0.717) is 11.1 Å². The van der Waals surface area contributed by atoms with Gasteiger partial charge in [-0.05, 0) is 48.7 Å². The third-order valence-corrected chi connectivity index (χ3v) is 3.28. The molecule has 2 aromatic carbocycles. The smallest absolute Gasteiger partial charge is 0.255 e. The molecular weight excluding hydrogens is 260 g/mol. The molecule has 0 spiro atoms. The Kier molecular flexibility index (Phi) is 5.11. The van der Waals surface area contributed by atoms with Crippen LogP contribution in [-0.2, 0) is 6.42 Å². The Hall–Kier alpha value is -2.60. The Balaban J connectivity index is 2.03. The van der Waals surface area contributed by atoms with Gasteiger partial charge < -0.3 is 5.32 Å². The number of carbonyl (C=O) groups excluding carboxylic acids is 1. The van der Waals surface area contributed by atoms with Crippen LogP contribution < -0.4 is 5.32 Å². The second-order valence-corrected chi connectivity index (χ2v) is 4.95. The number of hydrogen-bond acceptors (Lipinski definition) is 2. The summed E-state index contributed by atoms with van der Waals surface area (Å²) in [6.07, 6.45) is 3.41. The van der Waals surface area contributed by atoms with Crippen LogP contribution in [0.3, 0.4) is 0 Å². The molecular formula is C18H18N2O. The van der Waals surface area contributed by atoms with E-state index in [-0.39, 0.29) is 5.91 Å². The van der Waals surface area contributed by atoms with Crippen molar-refractivity contribution in [3.05, 3.63) is 65.2 Å². The van der Waals surface area contributed by atoms with E-state index in [0.717, 1.165) is 12.1 Å². The van der Waals surface area contributed by atoms with Gasteiger partial charge in [0.1, 0.15) is 0 Å². The quantitative estimate of drug-likeness (QED) is 0.893. The number of aryl methyl sites for hydroxylation is 1. The summed E-state index contributed by atoms with van der Waals surface area (Å²) in [5.74, 6) is -0.201. The van der Waals surface area contributed by atoms with Crippen molar-refractivity contribution in [1.29, 1.82) is 5.26 Å². The summed E-state index contributed by atoms with van der Waals surface area (Å²) in [7, 11) is 0. The van der Waals surface area contributed by atoms with Crippen molar-refractivity contribution in [3.63, 3.8) is 0 Å². The van der Waals surface area contributed by atoms with Crippen LogP contribution in [0.4, 0.5) is 5.69 Å². The number of hydrogen-bond donors (Lipinski definition) is 1. The lowest BCUT2D eigenvalue weighted by Gasteiger charge is -2.07. The average Bonchev–Trinajstić information content (AvgIpc) is 2.54. The van der Waals surface area contributed by atoms with Crippen LogP contribution in [0.2, 0.25) is 0 Å². The van der Waals surface area contributed by atoms with Gasteiger partial charge in [0.15, 0.2) is 0 Å². The minimum atomic E-state index is -0.201. The number of benzene rings is 2. The molecule has 0 aliphatic carbocycles. The molecule has 0 saturated carbocycles. The van der Waals surface area contributed by atoms with Gasteiger partial charge in [-0.25, -0.2) is 0 Å². The zero-order chi connectivity index (χ0) is 15.1. The van der Waals surface area contributed by atoms with E-state index in [1.165, 1.54) is 18.4 Å². The SMILES string of the molecule is CCCCc1ccc(NC(=O)c2cccc(C#N)c2)cc1. The number of nitrogens with zero attached hydrogens (tertiary/aromatic N) is 1. The Morgan fingerprint density at radius 3 is 2.62 bits per heavy atom. The molecule has 0 fully saturated rings. The highest BCUT2D eigenvalue weighted by molar-refractivity contribution is 6.04. The molecule has 2 aromatic rings. The second-order valence-electron chi connectivity index (χ2n) is 4.95. The van der Waals surface area contributed by atoms with Crippen LogP contribution in [0.5, 0.6) is 0 Å². The standard InChI is InChI=1S/C18H18N2O/c1-2-3-5-14-8-10-17(11-9-14)20-18(21)16-7-4-6-15(12-16)13-19/h4,6-12H,2-3,5H2,1H3,(H,20,21). The van der Waals surface area contributed by atoms with E-state index in [1.807, 2.05) is 30.3 Å². The van der Waals surface area contributed by atoms with Crippen LogP contribution in [0.25, 0.3) is 0 Å². The Morgan fingerprint density at radius 1 is 1.19 bits per heavy atom. The van der Waals surface area contributed by atoms with Gasteiger partial charge in [0.05, 0.1) is 11.6 Å². The van der Waals surface area contributed by atoms with Gasteiger partial charge in [0, 0.05) is 11.3 Å². The van der Waals surface area contributed by atoms with Crippen LogP contribution in [0.1, 0.15) is 41.3 Å². The highest BCUT2D eigenvalue weighted by atomic mass is 16.1. The Morgan fingerprint density at radius 2 is 1.95 bits per heavy atom. The molecule has 21 heavy (non-hydrogen) atoms. The number of nitriles is 1. The fourth-order valence-electron chi connectivity index (χ4n) is 2.07. The largest absolute Gasteiger partial charge is 0.322 e. The van der Waals surface area contributed by atoms with Gasteiger partial charge in [0.2, 0.25) is 0 Å². The van der Waals surface area contributed by atoms with E-state index in [1.54, 1.807) is 24.3 Å². The number of nitrogens with one attached hydrogen (secondary N) is 1. The molecule has 3 nitrogen and oxygen atoms in total. The third-order valence-electron chi connectivity index (χ3n) is 3.28. The van der Waals surface area contributed by atoms with Crippen molar-refractivity contribution in [2.45, 2.75) is 26.2 Å². The second kappa shape index (κ2) is 7.25. The molecule has 0 bridgehead atoms. The van der Waals surface area contributed by atoms with Crippen molar-refractivity contribution in [2.75, 3.05) is 5.32 Å². The monoisotopic (exact) mass is 278 g/mol. The molecule has 0 aliphatic heterocycles. The first-order chi connectivity index (χ1) is 10.2. The molecule has 0 unspecified atom stereocenters. The van der Waals surface area contributed by atoms with Gasteiger partial charge in [-0.15, -0.1) is 0 Å². The number of unbranched alkanes of at least 4 members (excludes halogenated alkanes) is 1. The molecule has 3 heteroatoms. The fourth-order valence-corrected chi connectivity index (χ4v) is 2.07. The normalized spacial score (nSPS) is 9.90. The molecule has 0 atom stereocenters. The van der Waals surface area contributed by atoms with E-state index in [9.17, 15) is 4.79 Å². The van der Waals surface area contributed by atoms with Crippen LogP contribution in [-0.4, -0.2) is 5.91 Å². The molecule has 0 aliphatic rings. The topological polar surface area (TPSA) is 52.9 Å². The van der Waals surface area contributed by atoms with Gasteiger partial charge in [0.25, 0.3) is 5.91 Å². The molecule has 0 saturated heterocycles. The molecule has 1 N–H and O–H groups in total. The minimum absolute atomic E-state index is 0.201. The van der Waals surface area contributed by atoms with Crippen molar-refractivity contribution in [3.8, 4) is 6.07 Å². The lowest BCUT2D eigenvalue weighted by molar-refractivity contribution is 0.102. The highest BCUT2D eigenvalue weighted by Gasteiger charge is 2.06. The summed E-state index contributed by atoms with van der Waals surface area (Å²) < 4.78 is 0. The number of amides is 1. The molecule has 1 amide bonds. The van der Waals surface area contributed by atoms with E-state index in [2.05, 4.69) is 12.2 Å². The zero-order valence-corrected chi connectivity index (χ0v) is 12.1. The Bertz CT molecular complexity index is 654. The van der Waals surface area contributed by atoms with Crippen LogP contribution >= 0.6 is 0 Å². The average molecular weight is 278 g/mol. The number of rotatable bonds is 5. The number of carbonyl (C=O) groups is 1. The van der Waals surface area contributed by atoms with Gasteiger partial charge in [-0.1, -0.05) is 31.5 Å². The Labute approximate surface area is 125 Å². The summed E-state index contributed by atoms with van der Waals surface area (Å²) >= 11 is 0. The van der Waals surface area contributed by atoms with Crippen LogP contribution in [0.15, 0.2) is 48.5 Å². The highest BCUT2D eigenvalue weighted by Crippen LogP contribution is 2.13. The zero-order valence-electron chi connectivity index (χ0n) is 12.1. The molecule has 106 valence electrons. The van der Waals surface area contributed by atoms with Crippen molar-refractivity contribution in [2.24, 2.45) is 0 Å². The summed E-state index contributed by atoms with van der Waals surface area (Å²) in [5, 5.41) is 11.7. The lowest BCUT2D eigenvalue weighted by atomic mass is 10.1. The summed E-state index contributed by atoms with van der Waals surface area (Å²) in [6.45, 7) is 2.17. The maximum Gasteiger partial charge on any atom is 0.255 e. The van der Waals surface area contributed by atoms with Crippen molar-refractivity contribution >= 4 is 11.6 Å². The molecule has 0 aromatic heterocycles. The van der Waals surface area contributed by atoms with Gasteiger partial charge in [-0.2, -0.15) is 5.26 Å². The van der Waals surface area contributed by atoms with E-state index >= 15 is 0 Å². The van der Waals surface area contributed by atoms with Crippen LogP contribution in [0, 0.1) is 11.3 Å². The summed E-state index contributed by atoms with van der Waals surface area (Å²) in [6, 6.07) is 16.6. The van der Waals surface area contributed by atoms with E-state index in [4.69, 9.17) is 5.26 Å². The van der Waals surface area contributed by atoms with E-state index < -0.39 is 0 Å². The van der Waals surface area contributed by atoms with Crippen molar-refractivity contribution < 1.29 is 4.79 Å². The summed E-state index contributed by atoms with van der Waals surface area (Å²) in [5.41, 5.74) is 3.02. The number of anilines is 1. The third kappa shape index (κ3) is 4.19. The first-order valence-electron chi connectivity index (χ1n) is 7.13. The van der Waals surface area contributed by atoms with Gasteiger partial charge in [-0.3, -0.25) is 4.79 Å². The molecule has 0 heterocycles. The minimum Gasteiger partial charge on any atom is -0.322 e. The predicted molar refractivity (Wildman–Crippen MR) is 84.2 cm³/mol. The first kappa shape index (κ1) is 14.8. The maximum absolute atomic E-state index is 12.1. The fraction of sp³-hybridized carbons (Fsp3) is 0.222. The maximum atomic E-state index is 12.1. The molecule has 2 rings (SSSR count). The van der Waals surface area contributed by atoms with Gasteiger partial charge >= 0.3 is 0 Å². The van der Waals surface area contributed by atoms with Crippen molar-refractivity contribution in [1.82, 2.24) is 0 Å². The lowest BCUT2D eigenvalue weighted by Crippen LogP contribution is -2.11. The molecule has 0 radical (unpaired) electrons. The summed E-state index contributed by atoms with van der Waals surface area (Å²) in [4.78, 5) is 12.1.